The van der Waals surface area contributed by atoms with Crippen LogP contribution in [0.15, 0.2) is 12.2 Å². The average Bonchev–Trinajstić information content (AvgIpc) is 2.35. The number of ether oxygens (including phenoxy) is 1. The van der Waals surface area contributed by atoms with E-state index in [0.717, 1.165) is 6.42 Å². The van der Waals surface area contributed by atoms with Crippen molar-refractivity contribution < 1.29 is 9.53 Å². The van der Waals surface area contributed by atoms with Crippen molar-refractivity contribution in [1.29, 1.82) is 0 Å². The molecule has 2 nitrogen and oxygen atoms in total. The molecule has 0 aromatic carbocycles. The fourth-order valence-electron chi connectivity index (χ4n) is 1.85. The summed E-state index contributed by atoms with van der Waals surface area (Å²) in [7, 11) is 0. The van der Waals surface area contributed by atoms with E-state index in [9.17, 15) is 4.79 Å². The minimum Gasteiger partial charge on any atom is -0.464 e. The molecule has 0 N–H and O–H groups in total. The number of hydrogen-bond acceptors (Lipinski definition) is 2. The Morgan fingerprint density at radius 1 is 0.824 bits per heavy atom. The highest BCUT2D eigenvalue weighted by atomic mass is 16.5. The SMILES string of the molecule is CCCCCCCCCCC/C=C/COC=O. The lowest BCUT2D eigenvalue weighted by Gasteiger charge is -2.00. The van der Waals surface area contributed by atoms with E-state index in [-0.39, 0.29) is 0 Å². The number of carbonyl (C=O) groups excluding carboxylic acids is 1. The molecule has 0 rings (SSSR count). The smallest absolute Gasteiger partial charge is 0.293 e. The number of allylic oxidation sites excluding steroid dienone is 1. The van der Waals surface area contributed by atoms with Gasteiger partial charge in [-0.3, -0.25) is 4.79 Å². The van der Waals surface area contributed by atoms with Gasteiger partial charge in [0.2, 0.25) is 0 Å². The zero-order valence-electron chi connectivity index (χ0n) is 11.3. The van der Waals surface area contributed by atoms with E-state index < -0.39 is 0 Å². The summed E-state index contributed by atoms with van der Waals surface area (Å²) < 4.78 is 4.56. The van der Waals surface area contributed by atoms with Crippen LogP contribution in [0, 0.1) is 0 Å². The third-order valence-electron chi connectivity index (χ3n) is 2.90. The summed E-state index contributed by atoms with van der Waals surface area (Å²) in [6, 6.07) is 0. The van der Waals surface area contributed by atoms with Gasteiger partial charge in [-0.15, -0.1) is 0 Å². The maximum atomic E-state index is 9.85. The quantitative estimate of drug-likeness (QED) is 0.266. The second kappa shape index (κ2) is 15.2. The third kappa shape index (κ3) is 15.2. The predicted molar refractivity (Wildman–Crippen MR) is 73.0 cm³/mol. The lowest BCUT2D eigenvalue weighted by Crippen LogP contribution is -1.85. The van der Waals surface area contributed by atoms with Crippen molar-refractivity contribution in [3.05, 3.63) is 12.2 Å². The van der Waals surface area contributed by atoms with Crippen LogP contribution in [-0.4, -0.2) is 13.1 Å². The molecule has 0 bridgehead atoms. The molecular formula is C15H28O2. The van der Waals surface area contributed by atoms with E-state index >= 15 is 0 Å². The molecule has 0 spiro atoms. The van der Waals surface area contributed by atoms with E-state index in [4.69, 9.17) is 0 Å². The van der Waals surface area contributed by atoms with Crippen molar-refractivity contribution in [3.63, 3.8) is 0 Å². The minimum absolute atomic E-state index is 0.418. The molecule has 100 valence electrons. The molecule has 17 heavy (non-hydrogen) atoms. The second-order valence-electron chi connectivity index (χ2n) is 4.52. The summed E-state index contributed by atoms with van der Waals surface area (Å²) in [5, 5.41) is 0. The van der Waals surface area contributed by atoms with Crippen LogP contribution in [0.1, 0.15) is 71.1 Å². The van der Waals surface area contributed by atoms with Crippen LogP contribution in [0.3, 0.4) is 0 Å². The van der Waals surface area contributed by atoms with Gasteiger partial charge in [0.1, 0.15) is 6.61 Å². The minimum atomic E-state index is 0.418. The van der Waals surface area contributed by atoms with Crippen LogP contribution in [0.25, 0.3) is 0 Å². The molecule has 0 aliphatic heterocycles. The third-order valence-corrected chi connectivity index (χ3v) is 2.90. The normalized spacial score (nSPS) is 10.9. The first-order chi connectivity index (χ1) is 8.41. The molecule has 0 aliphatic rings. The largest absolute Gasteiger partial charge is 0.464 e. The van der Waals surface area contributed by atoms with E-state index in [1.54, 1.807) is 0 Å². The molecule has 0 radical (unpaired) electrons. The predicted octanol–water partition coefficient (Wildman–Crippen LogP) is 4.64. The first kappa shape index (κ1) is 16.2. The highest BCUT2D eigenvalue weighted by Crippen LogP contribution is 2.10. The van der Waals surface area contributed by atoms with Crippen LogP contribution in [0.5, 0.6) is 0 Å². The van der Waals surface area contributed by atoms with Crippen molar-refractivity contribution >= 4 is 6.47 Å². The van der Waals surface area contributed by atoms with E-state index in [1.807, 2.05) is 6.08 Å². The van der Waals surface area contributed by atoms with Gasteiger partial charge in [-0.25, -0.2) is 0 Å². The van der Waals surface area contributed by atoms with Gasteiger partial charge in [0.15, 0.2) is 0 Å². The van der Waals surface area contributed by atoms with E-state index in [0.29, 0.717) is 13.1 Å². The Hall–Kier alpha value is -0.790. The highest BCUT2D eigenvalue weighted by molar-refractivity contribution is 5.37. The van der Waals surface area contributed by atoms with Crippen LogP contribution in [0.2, 0.25) is 0 Å². The molecule has 0 heterocycles. The Morgan fingerprint density at radius 3 is 2.00 bits per heavy atom. The fourth-order valence-corrected chi connectivity index (χ4v) is 1.85. The number of unbranched alkanes of at least 4 members (excludes halogenated alkanes) is 9. The Labute approximate surface area is 106 Å². The molecule has 2 heteroatoms. The van der Waals surface area contributed by atoms with Gasteiger partial charge in [0, 0.05) is 0 Å². The van der Waals surface area contributed by atoms with Crippen molar-refractivity contribution in [2.24, 2.45) is 0 Å². The first-order valence-electron chi connectivity index (χ1n) is 7.12. The van der Waals surface area contributed by atoms with Gasteiger partial charge < -0.3 is 4.74 Å². The Kier molecular flexibility index (Phi) is 14.5. The summed E-state index contributed by atoms with van der Waals surface area (Å²) in [5.74, 6) is 0. The van der Waals surface area contributed by atoms with Gasteiger partial charge in [-0.2, -0.15) is 0 Å². The molecule has 0 saturated heterocycles. The van der Waals surface area contributed by atoms with Gasteiger partial charge in [-0.1, -0.05) is 70.4 Å². The van der Waals surface area contributed by atoms with Crippen molar-refractivity contribution in [3.8, 4) is 0 Å². The van der Waals surface area contributed by atoms with Gasteiger partial charge in [0.05, 0.1) is 0 Å². The topological polar surface area (TPSA) is 26.3 Å². The van der Waals surface area contributed by atoms with Crippen molar-refractivity contribution in [1.82, 2.24) is 0 Å². The summed E-state index contributed by atoms with van der Waals surface area (Å²) in [6.45, 7) is 3.16. The Balaban J connectivity index is 2.98. The maximum absolute atomic E-state index is 9.85. The second-order valence-corrected chi connectivity index (χ2v) is 4.52. The monoisotopic (exact) mass is 240 g/mol. The average molecular weight is 240 g/mol. The zero-order valence-corrected chi connectivity index (χ0v) is 11.3. The highest BCUT2D eigenvalue weighted by Gasteiger charge is 1.91. The van der Waals surface area contributed by atoms with Crippen molar-refractivity contribution in [2.45, 2.75) is 71.1 Å². The number of hydrogen-bond donors (Lipinski definition) is 0. The Bertz CT molecular complexity index is 176. The molecule has 0 saturated carbocycles. The fraction of sp³-hybridized carbons (Fsp3) is 0.800. The maximum Gasteiger partial charge on any atom is 0.293 e. The molecular weight excluding hydrogens is 212 g/mol. The first-order valence-corrected chi connectivity index (χ1v) is 7.12. The van der Waals surface area contributed by atoms with Gasteiger partial charge in [-0.05, 0) is 12.8 Å². The summed E-state index contributed by atoms with van der Waals surface area (Å²) >= 11 is 0. The molecule has 0 fully saturated rings. The molecule has 0 amide bonds. The molecule has 0 aromatic heterocycles. The van der Waals surface area contributed by atoms with Crippen LogP contribution < -0.4 is 0 Å². The molecule has 0 unspecified atom stereocenters. The molecule has 0 aromatic rings. The molecule has 0 atom stereocenters. The summed E-state index contributed by atoms with van der Waals surface area (Å²) in [6.07, 6.45) is 17.4. The number of carbonyl (C=O) groups is 1. The lowest BCUT2D eigenvalue weighted by molar-refractivity contribution is -0.127. The van der Waals surface area contributed by atoms with Crippen LogP contribution in [0.4, 0.5) is 0 Å². The standard InChI is InChI=1S/C15H28O2/c1-2-3-4-5-6-7-8-9-10-11-12-13-14-17-15-16/h12-13,15H,2-11,14H2,1H3/b13-12+. The summed E-state index contributed by atoms with van der Waals surface area (Å²) in [5.41, 5.74) is 0. The van der Waals surface area contributed by atoms with Gasteiger partial charge >= 0.3 is 0 Å². The Morgan fingerprint density at radius 2 is 1.41 bits per heavy atom. The van der Waals surface area contributed by atoms with Crippen LogP contribution >= 0.6 is 0 Å². The molecule has 0 aliphatic carbocycles. The van der Waals surface area contributed by atoms with E-state index in [2.05, 4.69) is 17.7 Å². The van der Waals surface area contributed by atoms with Gasteiger partial charge in [0.25, 0.3) is 6.47 Å². The van der Waals surface area contributed by atoms with E-state index in [1.165, 1.54) is 57.8 Å². The van der Waals surface area contributed by atoms with Crippen molar-refractivity contribution in [2.75, 3.05) is 6.61 Å². The lowest BCUT2D eigenvalue weighted by atomic mass is 10.1. The number of rotatable bonds is 13. The zero-order chi connectivity index (χ0) is 12.6. The van der Waals surface area contributed by atoms with Crippen LogP contribution in [-0.2, 0) is 9.53 Å². The summed E-state index contributed by atoms with van der Waals surface area (Å²) in [4.78, 5) is 9.85.